The highest BCUT2D eigenvalue weighted by Gasteiger charge is 2.33. The summed E-state index contributed by atoms with van der Waals surface area (Å²) in [6.07, 6.45) is -3.48. The Bertz CT molecular complexity index is 1050. The Labute approximate surface area is 210 Å². The van der Waals surface area contributed by atoms with Crippen molar-refractivity contribution in [1.82, 2.24) is 4.90 Å². The molecule has 2 N–H and O–H groups in total. The lowest BCUT2D eigenvalue weighted by Gasteiger charge is -2.38. The van der Waals surface area contributed by atoms with E-state index in [-0.39, 0.29) is 23.5 Å². The molecular formula is C27H35F4N3O2. The van der Waals surface area contributed by atoms with Gasteiger partial charge in [0.1, 0.15) is 0 Å². The summed E-state index contributed by atoms with van der Waals surface area (Å²) >= 11 is 0. The minimum atomic E-state index is -4.45. The molecule has 5 nitrogen and oxygen atoms in total. The van der Waals surface area contributed by atoms with E-state index in [9.17, 15) is 22.4 Å². The summed E-state index contributed by atoms with van der Waals surface area (Å²) in [4.78, 5) is 16.8. The van der Waals surface area contributed by atoms with E-state index in [1.807, 2.05) is 25.7 Å². The largest absolute Gasteiger partial charge is 0.494 e. The number of benzene rings is 2. The Balaban J connectivity index is 1.69. The third-order valence-electron chi connectivity index (χ3n) is 6.59. The summed E-state index contributed by atoms with van der Waals surface area (Å²) < 4.78 is 59.1. The lowest BCUT2D eigenvalue weighted by Crippen LogP contribution is -2.50. The molecule has 3 rings (SSSR count). The van der Waals surface area contributed by atoms with E-state index < -0.39 is 23.6 Å². The van der Waals surface area contributed by atoms with E-state index in [2.05, 4.69) is 0 Å². The average molecular weight is 510 g/mol. The number of anilines is 1. The van der Waals surface area contributed by atoms with E-state index in [4.69, 9.17) is 10.5 Å². The van der Waals surface area contributed by atoms with Crippen molar-refractivity contribution in [3.8, 4) is 5.75 Å². The van der Waals surface area contributed by atoms with E-state index in [0.29, 0.717) is 55.8 Å². The molecule has 1 unspecified atom stereocenters. The van der Waals surface area contributed by atoms with Crippen LogP contribution in [0.4, 0.5) is 23.2 Å². The van der Waals surface area contributed by atoms with Crippen molar-refractivity contribution in [2.45, 2.75) is 45.8 Å². The first-order valence-corrected chi connectivity index (χ1v) is 12.2. The SMILES string of the molecule is COc1ccc(CC(C)C(=O)N2CCN(c3ccc(C(F)(F)F)cc3[C@@H](N)CC(C)C)CC2)cc1F. The zero-order chi connectivity index (χ0) is 26.6. The van der Waals surface area contributed by atoms with Crippen LogP contribution >= 0.6 is 0 Å². The van der Waals surface area contributed by atoms with Crippen LogP contribution in [0.25, 0.3) is 0 Å². The fourth-order valence-electron chi connectivity index (χ4n) is 4.71. The lowest BCUT2D eigenvalue weighted by atomic mass is 9.94. The van der Waals surface area contributed by atoms with Crippen LogP contribution in [0.15, 0.2) is 36.4 Å². The third kappa shape index (κ3) is 6.69. The fraction of sp³-hybridized carbons (Fsp3) is 0.519. The van der Waals surface area contributed by atoms with Gasteiger partial charge >= 0.3 is 6.18 Å². The number of alkyl halides is 3. The summed E-state index contributed by atoms with van der Waals surface area (Å²) in [5.74, 6) is -0.450. The number of hydrogen-bond donors (Lipinski definition) is 1. The maximum Gasteiger partial charge on any atom is 0.416 e. The molecule has 2 aromatic rings. The number of halogens is 4. The Hall–Kier alpha value is -2.81. The fourth-order valence-corrected chi connectivity index (χ4v) is 4.71. The highest BCUT2D eigenvalue weighted by molar-refractivity contribution is 5.79. The van der Waals surface area contributed by atoms with Crippen LogP contribution in [-0.2, 0) is 17.4 Å². The van der Waals surface area contributed by atoms with Crippen molar-refractivity contribution in [3.05, 3.63) is 58.9 Å². The molecule has 1 aliphatic rings. The first kappa shape index (κ1) is 27.8. The van der Waals surface area contributed by atoms with E-state index >= 15 is 0 Å². The zero-order valence-electron chi connectivity index (χ0n) is 21.2. The van der Waals surface area contributed by atoms with Gasteiger partial charge in [-0.15, -0.1) is 0 Å². The van der Waals surface area contributed by atoms with Gasteiger partial charge in [0.05, 0.1) is 12.7 Å². The zero-order valence-corrected chi connectivity index (χ0v) is 21.2. The van der Waals surface area contributed by atoms with Crippen LogP contribution in [0.5, 0.6) is 5.75 Å². The van der Waals surface area contributed by atoms with Gasteiger partial charge in [-0.1, -0.05) is 26.8 Å². The lowest BCUT2D eigenvalue weighted by molar-refractivity contribution is -0.137. The first-order valence-electron chi connectivity index (χ1n) is 12.2. The summed E-state index contributed by atoms with van der Waals surface area (Å²) in [6, 6.07) is 7.91. The summed E-state index contributed by atoms with van der Waals surface area (Å²) in [5.41, 5.74) is 7.50. The molecule has 1 saturated heterocycles. The topological polar surface area (TPSA) is 58.8 Å². The molecule has 198 valence electrons. The van der Waals surface area contributed by atoms with Gasteiger partial charge in [-0.3, -0.25) is 4.79 Å². The maximum atomic E-state index is 14.0. The van der Waals surface area contributed by atoms with Crippen LogP contribution in [0, 0.1) is 17.7 Å². The van der Waals surface area contributed by atoms with Crippen LogP contribution in [0.3, 0.4) is 0 Å². The second-order valence-corrected chi connectivity index (χ2v) is 9.89. The minimum absolute atomic E-state index is 0.0324. The molecule has 0 aromatic heterocycles. The molecule has 1 fully saturated rings. The molecule has 0 radical (unpaired) electrons. The number of piperazine rings is 1. The van der Waals surface area contributed by atoms with Crippen molar-refractivity contribution in [2.24, 2.45) is 17.6 Å². The number of nitrogens with two attached hydrogens (primary N) is 1. The normalized spacial score (nSPS) is 16.3. The van der Waals surface area contributed by atoms with Crippen molar-refractivity contribution in [2.75, 3.05) is 38.2 Å². The number of nitrogens with zero attached hydrogens (tertiary/aromatic N) is 2. The molecule has 0 aliphatic carbocycles. The van der Waals surface area contributed by atoms with Crippen LogP contribution in [0.2, 0.25) is 0 Å². The van der Waals surface area contributed by atoms with Gasteiger partial charge in [0.2, 0.25) is 5.91 Å². The van der Waals surface area contributed by atoms with Gasteiger partial charge in [0.15, 0.2) is 11.6 Å². The van der Waals surface area contributed by atoms with Gasteiger partial charge in [0, 0.05) is 43.8 Å². The van der Waals surface area contributed by atoms with E-state index in [1.165, 1.54) is 19.2 Å². The Morgan fingerprint density at radius 1 is 1.06 bits per heavy atom. The number of ether oxygens (including phenoxy) is 1. The molecule has 1 heterocycles. The number of rotatable bonds is 8. The molecule has 0 bridgehead atoms. The van der Waals surface area contributed by atoms with E-state index in [1.54, 1.807) is 17.0 Å². The molecular weight excluding hydrogens is 474 g/mol. The highest BCUT2D eigenvalue weighted by atomic mass is 19.4. The smallest absolute Gasteiger partial charge is 0.416 e. The van der Waals surface area contributed by atoms with Gasteiger partial charge in [-0.2, -0.15) is 13.2 Å². The first-order chi connectivity index (χ1) is 16.9. The van der Waals surface area contributed by atoms with Crippen LogP contribution < -0.4 is 15.4 Å². The third-order valence-corrected chi connectivity index (χ3v) is 6.59. The summed E-state index contributed by atoms with van der Waals surface area (Å²) in [6.45, 7) is 7.65. The van der Waals surface area contributed by atoms with Gasteiger partial charge in [0.25, 0.3) is 0 Å². The molecule has 0 saturated carbocycles. The van der Waals surface area contributed by atoms with Crippen molar-refractivity contribution < 1.29 is 27.1 Å². The number of hydrogen-bond acceptors (Lipinski definition) is 4. The Morgan fingerprint density at radius 2 is 1.72 bits per heavy atom. The van der Waals surface area contributed by atoms with Crippen LogP contribution in [0.1, 0.15) is 49.9 Å². The second-order valence-electron chi connectivity index (χ2n) is 9.89. The second kappa shape index (κ2) is 11.5. The maximum absolute atomic E-state index is 14.0. The average Bonchev–Trinajstić information content (AvgIpc) is 2.82. The van der Waals surface area contributed by atoms with Gasteiger partial charge in [-0.25, -0.2) is 4.39 Å². The number of methoxy groups -OCH3 is 1. The molecule has 36 heavy (non-hydrogen) atoms. The summed E-state index contributed by atoms with van der Waals surface area (Å²) in [5, 5.41) is 0. The van der Waals surface area contributed by atoms with Gasteiger partial charge < -0.3 is 20.3 Å². The number of carbonyl (C=O) groups is 1. The number of carbonyl (C=O) groups excluding carboxylic acids is 1. The molecule has 9 heteroatoms. The van der Waals surface area contributed by atoms with Crippen molar-refractivity contribution in [1.29, 1.82) is 0 Å². The molecule has 2 aromatic carbocycles. The Morgan fingerprint density at radius 3 is 2.28 bits per heavy atom. The predicted molar refractivity (Wildman–Crippen MR) is 132 cm³/mol. The molecule has 1 amide bonds. The van der Waals surface area contributed by atoms with Crippen LogP contribution in [-0.4, -0.2) is 44.1 Å². The predicted octanol–water partition coefficient (Wildman–Crippen LogP) is 5.43. The molecule has 2 atom stereocenters. The van der Waals surface area contributed by atoms with E-state index in [0.717, 1.165) is 12.1 Å². The Kier molecular flexibility index (Phi) is 8.87. The monoisotopic (exact) mass is 509 g/mol. The number of amides is 1. The minimum Gasteiger partial charge on any atom is -0.494 e. The molecule has 0 spiro atoms. The highest BCUT2D eigenvalue weighted by Crippen LogP contribution is 2.36. The quantitative estimate of drug-likeness (QED) is 0.483. The van der Waals surface area contributed by atoms with Gasteiger partial charge in [-0.05, 0) is 60.2 Å². The van der Waals surface area contributed by atoms with Crippen molar-refractivity contribution >= 4 is 11.6 Å². The van der Waals surface area contributed by atoms with Crippen molar-refractivity contribution in [3.63, 3.8) is 0 Å². The standard InChI is InChI=1S/C27H35F4N3O2/c1-17(2)13-23(32)21-16-20(27(29,30)31)6-7-24(21)33-9-11-34(12-10-33)26(35)18(3)14-19-5-8-25(36-4)22(28)15-19/h5-8,15-18,23H,9-14,32H2,1-4H3/t18?,23-/m0/s1. The molecule has 1 aliphatic heterocycles. The summed E-state index contributed by atoms with van der Waals surface area (Å²) in [7, 11) is 1.40.